The molecule has 2 N–H and O–H groups in total. The molecule has 2 heterocycles. The fourth-order valence-corrected chi connectivity index (χ4v) is 2.30. The molecule has 1 aromatic carbocycles. The van der Waals surface area contributed by atoms with E-state index in [1.165, 1.54) is 5.56 Å². The molecule has 1 aliphatic heterocycles. The normalized spacial score (nSPS) is 18.1. The molecule has 1 aliphatic rings. The quantitative estimate of drug-likeness (QED) is 0.773. The zero-order valence-electron chi connectivity index (χ0n) is 10.4. The SMILES string of the molecule is Cc1ccccc1N1c2nccnc2N(N)C1C. The molecule has 92 valence electrons. The first-order valence-corrected chi connectivity index (χ1v) is 5.90. The molecule has 5 nitrogen and oxygen atoms in total. The number of rotatable bonds is 1. The predicted molar refractivity (Wildman–Crippen MR) is 71.5 cm³/mol. The van der Waals surface area contributed by atoms with Gasteiger partial charge in [0, 0.05) is 18.1 Å². The Morgan fingerprint density at radius 3 is 2.50 bits per heavy atom. The topological polar surface area (TPSA) is 58.3 Å². The Bertz CT molecular complexity index is 583. The Morgan fingerprint density at radius 2 is 1.78 bits per heavy atom. The van der Waals surface area contributed by atoms with Crippen molar-refractivity contribution < 1.29 is 0 Å². The minimum Gasteiger partial charge on any atom is -0.301 e. The second kappa shape index (κ2) is 3.96. The van der Waals surface area contributed by atoms with E-state index in [1.807, 2.05) is 19.1 Å². The van der Waals surface area contributed by atoms with Crippen LogP contribution < -0.4 is 15.8 Å². The summed E-state index contributed by atoms with van der Waals surface area (Å²) in [6, 6.07) is 8.20. The van der Waals surface area contributed by atoms with Crippen molar-refractivity contribution >= 4 is 17.3 Å². The molecule has 0 radical (unpaired) electrons. The van der Waals surface area contributed by atoms with Crippen molar-refractivity contribution in [1.82, 2.24) is 9.97 Å². The van der Waals surface area contributed by atoms with Crippen LogP contribution in [0.1, 0.15) is 12.5 Å². The lowest BCUT2D eigenvalue weighted by atomic mass is 10.2. The average Bonchev–Trinajstić information content (AvgIpc) is 2.64. The minimum absolute atomic E-state index is 0.00324. The van der Waals surface area contributed by atoms with E-state index in [2.05, 4.69) is 33.9 Å². The van der Waals surface area contributed by atoms with Crippen LogP contribution in [-0.4, -0.2) is 16.1 Å². The molecule has 0 spiro atoms. The van der Waals surface area contributed by atoms with E-state index in [9.17, 15) is 0 Å². The number of fused-ring (bicyclic) bond motifs is 1. The average molecular weight is 241 g/mol. The first kappa shape index (κ1) is 11.0. The summed E-state index contributed by atoms with van der Waals surface area (Å²) in [5, 5.41) is 1.65. The van der Waals surface area contributed by atoms with Crippen LogP contribution in [0.3, 0.4) is 0 Å². The number of nitrogens with zero attached hydrogens (tertiary/aromatic N) is 4. The Hall–Kier alpha value is -2.14. The number of hydrogen-bond acceptors (Lipinski definition) is 5. The number of para-hydroxylation sites is 1. The molecular formula is C13H15N5. The van der Waals surface area contributed by atoms with Crippen LogP contribution in [0.5, 0.6) is 0 Å². The number of aryl methyl sites for hydroxylation is 1. The van der Waals surface area contributed by atoms with Crippen LogP contribution in [-0.2, 0) is 0 Å². The van der Waals surface area contributed by atoms with Gasteiger partial charge in [-0.05, 0) is 25.5 Å². The standard InChI is InChI=1S/C13H15N5/c1-9-5-3-4-6-11(9)17-10(2)18(14)13-12(17)15-7-8-16-13/h3-8,10H,14H2,1-2H3. The van der Waals surface area contributed by atoms with Gasteiger partial charge in [0.1, 0.15) is 6.17 Å². The van der Waals surface area contributed by atoms with Gasteiger partial charge in [-0.25, -0.2) is 15.8 Å². The Morgan fingerprint density at radius 1 is 1.11 bits per heavy atom. The first-order valence-electron chi connectivity index (χ1n) is 5.90. The maximum absolute atomic E-state index is 6.06. The highest BCUT2D eigenvalue weighted by atomic mass is 15.6. The van der Waals surface area contributed by atoms with Gasteiger partial charge in [-0.15, -0.1) is 0 Å². The van der Waals surface area contributed by atoms with E-state index >= 15 is 0 Å². The largest absolute Gasteiger partial charge is 0.301 e. The lowest BCUT2D eigenvalue weighted by molar-refractivity contribution is 0.691. The summed E-state index contributed by atoms with van der Waals surface area (Å²) in [5.41, 5.74) is 2.30. The van der Waals surface area contributed by atoms with E-state index in [-0.39, 0.29) is 6.17 Å². The predicted octanol–water partition coefficient (Wildman–Crippen LogP) is 1.96. The first-order chi connectivity index (χ1) is 8.70. The van der Waals surface area contributed by atoms with Crippen molar-refractivity contribution in [2.24, 2.45) is 5.84 Å². The molecule has 5 heteroatoms. The van der Waals surface area contributed by atoms with Gasteiger partial charge in [0.2, 0.25) is 0 Å². The van der Waals surface area contributed by atoms with Crippen molar-refractivity contribution in [3.8, 4) is 0 Å². The third kappa shape index (κ3) is 1.44. The smallest absolute Gasteiger partial charge is 0.188 e. The van der Waals surface area contributed by atoms with Gasteiger partial charge < -0.3 is 4.90 Å². The van der Waals surface area contributed by atoms with Crippen molar-refractivity contribution in [1.29, 1.82) is 0 Å². The summed E-state index contributed by atoms with van der Waals surface area (Å²) in [5.74, 6) is 7.58. The Labute approximate surface area is 106 Å². The van der Waals surface area contributed by atoms with Gasteiger partial charge in [-0.2, -0.15) is 0 Å². The van der Waals surface area contributed by atoms with Crippen LogP contribution in [0.4, 0.5) is 17.3 Å². The van der Waals surface area contributed by atoms with Gasteiger partial charge >= 0.3 is 0 Å². The minimum atomic E-state index is 0.00324. The van der Waals surface area contributed by atoms with Crippen molar-refractivity contribution in [2.75, 3.05) is 9.91 Å². The molecule has 0 saturated heterocycles. The van der Waals surface area contributed by atoms with Crippen LogP contribution in [0.2, 0.25) is 0 Å². The van der Waals surface area contributed by atoms with E-state index in [0.717, 1.165) is 11.5 Å². The molecule has 2 aromatic rings. The number of anilines is 3. The third-order valence-corrected chi connectivity index (χ3v) is 3.28. The van der Waals surface area contributed by atoms with Gasteiger partial charge in [0.25, 0.3) is 0 Å². The van der Waals surface area contributed by atoms with Crippen molar-refractivity contribution in [2.45, 2.75) is 20.0 Å². The van der Waals surface area contributed by atoms with Crippen LogP contribution in [0.25, 0.3) is 0 Å². The molecule has 0 fully saturated rings. The van der Waals surface area contributed by atoms with E-state index in [4.69, 9.17) is 5.84 Å². The molecule has 0 saturated carbocycles. The van der Waals surface area contributed by atoms with Crippen LogP contribution in [0.15, 0.2) is 36.7 Å². The van der Waals surface area contributed by atoms with Gasteiger partial charge in [0.05, 0.1) is 0 Å². The summed E-state index contributed by atoms with van der Waals surface area (Å²) in [7, 11) is 0. The Balaban J connectivity index is 2.16. The van der Waals surface area contributed by atoms with Gasteiger partial charge in [-0.3, -0.25) is 5.01 Å². The maximum atomic E-state index is 6.06. The number of nitrogens with two attached hydrogens (primary N) is 1. The van der Waals surface area contributed by atoms with Gasteiger partial charge in [0.15, 0.2) is 11.6 Å². The van der Waals surface area contributed by atoms with Crippen LogP contribution >= 0.6 is 0 Å². The summed E-state index contributed by atoms with van der Waals surface area (Å²) in [4.78, 5) is 10.8. The summed E-state index contributed by atoms with van der Waals surface area (Å²) in [6.45, 7) is 4.12. The molecular weight excluding hydrogens is 226 g/mol. The second-order valence-electron chi connectivity index (χ2n) is 4.40. The molecule has 0 amide bonds. The molecule has 18 heavy (non-hydrogen) atoms. The second-order valence-corrected chi connectivity index (χ2v) is 4.40. The van der Waals surface area contributed by atoms with Crippen LogP contribution in [0, 0.1) is 6.92 Å². The zero-order valence-corrected chi connectivity index (χ0v) is 10.4. The molecule has 0 bridgehead atoms. The van der Waals surface area contributed by atoms with E-state index in [1.54, 1.807) is 17.4 Å². The highest BCUT2D eigenvalue weighted by Crippen LogP contribution is 2.40. The van der Waals surface area contributed by atoms with E-state index < -0.39 is 0 Å². The lowest BCUT2D eigenvalue weighted by Gasteiger charge is -2.27. The number of hydrazine groups is 1. The zero-order chi connectivity index (χ0) is 12.7. The maximum Gasteiger partial charge on any atom is 0.188 e. The summed E-state index contributed by atoms with van der Waals surface area (Å²) in [6.07, 6.45) is 3.35. The molecule has 1 aromatic heterocycles. The van der Waals surface area contributed by atoms with Crippen molar-refractivity contribution in [3.05, 3.63) is 42.2 Å². The number of hydrogen-bond donors (Lipinski definition) is 1. The number of benzene rings is 1. The monoisotopic (exact) mass is 241 g/mol. The van der Waals surface area contributed by atoms with Crippen molar-refractivity contribution in [3.63, 3.8) is 0 Å². The fourth-order valence-electron chi connectivity index (χ4n) is 2.30. The molecule has 1 unspecified atom stereocenters. The lowest BCUT2D eigenvalue weighted by Crippen LogP contribution is -2.43. The molecule has 0 aliphatic carbocycles. The number of aromatic nitrogens is 2. The fraction of sp³-hybridized carbons (Fsp3) is 0.231. The van der Waals surface area contributed by atoms with Gasteiger partial charge in [-0.1, -0.05) is 18.2 Å². The highest BCUT2D eigenvalue weighted by Gasteiger charge is 2.35. The highest BCUT2D eigenvalue weighted by molar-refractivity contribution is 5.78. The molecule has 3 rings (SSSR count). The summed E-state index contributed by atoms with van der Waals surface area (Å²) < 4.78 is 0. The Kier molecular flexibility index (Phi) is 2.41. The molecule has 1 atom stereocenters. The third-order valence-electron chi connectivity index (χ3n) is 3.28. The van der Waals surface area contributed by atoms with E-state index in [0.29, 0.717) is 5.82 Å². The summed E-state index contributed by atoms with van der Waals surface area (Å²) >= 11 is 0.